The van der Waals surface area contributed by atoms with E-state index in [4.69, 9.17) is 16.3 Å². The molecule has 4 nitrogen and oxygen atoms in total. The van der Waals surface area contributed by atoms with Crippen molar-refractivity contribution in [3.63, 3.8) is 0 Å². The predicted octanol–water partition coefficient (Wildman–Crippen LogP) is 5.41. The van der Waals surface area contributed by atoms with E-state index >= 15 is 0 Å². The molecular weight excluding hydrogens is 431 g/mol. The molecule has 0 saturated carbocycles. The number of carbonyl (C=O) groups is 1. The summed E-state index contributed by atoms with van der Waals surface area (Å²) in [5.41, 5.74) is -1.29. The Balaban J connectivity index is 2.09. The molecule has 0 saturated heterocycles. The van der Waals surface area contributed by atoms with Crippen molar-refractivity contribution < 1.29 is 31.5 Å². The number of nitrogens with zero attached hydrogens (tertiary/aromatic N) is 2. The van der Waals surface area contributed by atoms with Crippen LogP contribution >= 0.6 is 11.6 Å². The highest BCUT2D eigenvalue weighted by Crippen LogP contribution is 2.35. The number of rotatable bonds is 5. The van der Waals surface area contributed by atoms with Gasteiger partial charge in [-0.2, -0.15) is 10.1 Å². The largest absolute Gasteiger partial charge is 0.489 e. The Bertz CT molecular complexity index is 1100. The van der Waals surface area contributed by atoms with Crippen LogP contribution in [0.15, 0.2) is 41.5 Å². The van der Waals surface area contributed by atoms with Crippen molar-refractivity contribution in [1.82, 2.24) is 0 Å². The van der Waals surface area contributed by atoms with Crippen LogP contribution in [0.3, 0.4) is 0 Å². The van der Waals surface area contributed by atoms with Crippen molar-refractivity contribution in [3.8, 4) is 5.75 Å². The Morgan fingerprint density at radius 2 is 1.70 bits per heavy atom. The molecule has 0 aromatic heterocycles. The van der Waals surface area contributed by atoms with E-state index in [1.165, 1.54) is 31.2 Å². The van der Waals surface area contributed by atoms with Crippen molar-refractivity contribution in [2.45, 2.75) is 6.92 Å². The summed E-state index contributed by atoms with van der Waals surface area (Å²) in [5, 5.41) is 4.11. The molecule has 0 aliphatic carbocycles. The van der Waals surface area contributed by atoms with E-state index in [1.54, 1.807) is 6.07 Å². The average molecular weight is 443 g/mol. The third kappa shape index (κ3) is 3.68. The molecule has 3 rings (SSSR count). The van der Waals surface area contributed by atoms with Gasteiger partial charge >= 0.3 is 0 Å². The Labute approximate surface area is 172 Å². The van der Waals surface area contributed by atoms with Gasteiger partial charge in [-0.05, 0) is 31.2 Å². The van der Waals surface area contributed by atoms with E-state index in [-0.39, 0.29) is 22.9 Å². The monoisotopic (exact) mass is 442 g/mol. The number of hydrazone groups is 1. The van der Waals surface area contributed by atoms with E-state index < -0.39 is 40.7 Å². The number of carbonyl (C=O) groups excluding carboxylic acids is 1. The van der Waals surface area contributed by atoms with E-state index in [0.29, 0.717) is 16.3 Å². The fraction of sp³-hybridized carbons (Fsp3) is 0.100. The minimum absolute atomic E-state index is 0.0152. The predicted molar refractivity (Wildman–Crippen MR) is 102 cm³/mol. The molecule has 1 aliphatic rings. The Hall–Kier alpha value is -3.20. The maximum absolute atomic E-state index is 14.1. The molecule has 30 heavy (non-hydrogen) atoms. The second kappa shape index (κ2) is 8.27. The summed E-state index contributed by atoms with van der Waals surface area (Å²) in [7, 11) is 0. The maximum atomic E-state index is 14.1. The van der Waals surface area contributed by atoms with E-state index in [9.17, 15) is 26.7 Å². The zero-order valence-electron chi connectivity index (χ0n) is 15.3. The average Bonchev–Trinajstić information content (AvgIpc) is 2.98. The normalized spacial score (nSPS) is 15.0. The smallest absolute Gasteiger partial charge is 0.280 e. The number of ether oxygens (including phenoxy) is 1. The number of hydrogen-bond donors (Lipinski definition) is 0. The molecule has 0 unspecified atom stereocenters. The van der Waals surface area contributed by atoms with E-state index in [1.807, 2.05) is 0 Å². The maximum Gasteiger partial charge on any atom is 0.280 e. The number of hydrogen-bond acceptors (Lipinski definition) is 3. The Kier molecular flexibility index (Phi) is 5.93. The minimum Gasteiger partial charge on any atom is -0.489 e. The van der Waals surface area contributed by atoms with Crippen LogP contribution in [0.5, 0.6) is 5.75 Å². The van der Waals surface area contributed by atoms with Crippen LogP contribution in [0.2, 0.25) is 5.02 Å². The summed E-state index contributed by atoms with van der Waals surface area (Å²) in [5.74, 6) is -11.8. The molecule has 10 heteroatoms. The number of benzene rings is 2. The van der Waals surface area contributed by atoms with Gasteiger partial charge < -0.3 is 4.74 Å². The molecule has 1 heterocycles. The zero-order chi connectivity index (χ0) is 22.2. The zero-order valence-corrected chi connectivity index (χ0v) is 16.0. The van der Waals surface area contributed by atoms with Crippen LogP contribution in [0, 0.1) is 29.1 Å². The van der Waals surface area contributed by atoms with Gasteiger partial charge in [-0.15, -0.1) is 0 Å². The SMILES string of the molecule is C=CCOc1ccc(Cl)cc1/C=C1\C(=O)N(c2c(F)c(F)c(F)c(F)c2F)N=C1C. The van der Waals surface area contributed by atoms with Crippen LogP contribution in [0.1, 0.15) is 12.5 Å². The Morgan fingerprint density at radius 1 is 1.10 bits per heavy atom. The molecule has 1 aliphatic heterocycles. The molecule has 0 N–H and O–H groups in total. The second-order valence-corrected chi connectivity index (χ2v) is 6.50. The minimum atomic E-state index is -2.33. The van der Waals surface area contributed by atoms with Gasteiger partial charge in [-0.3, -0.25) is 4.79 Å². The van der Waals surface area contributed by atoms with Crippen LogP contribution in [0.4, 0.5) is 27.6 Å². The fourth-order valence-corrected chi connectivity index (χ4v) is 2.86. The lowest BCUT2D eigenvalue weighted by Crippen LogP contribution is -2.25. The van der Waals surface area contributed by atoms with Crippen LogP contribution in [-0.2, 0) is 4.79 Å². The molecule has 156 valence electrons. The highest BCUT2D eigenvalue weighted by Gasteiger charge is 2.37. The number of halogens is 6. The van der Waals surface area contributed by atoms with Crippen molar-refractivity contribution in [3.05, 3.63) is 76.1 Å². The lowest BCUT2D eigenvalue weighted by Gasteiger charge is -2.15. The highest BCUT2D eigenvalue weighted by molar-refractivity contribution is 6.33. The Morgan fingerprint density at radius 3 is 2.30 bits per heavy atom. The van der Waals surface area contributed by atoms with Crippen molar-refractivity contribution >= 4 is 35.0 Å². The van der Waals surface area contributed by atoms with E-state index in [2.05, 4.69) is 11.7 Å². The quantitative estimate of drug-likeness (QED) is 0.204. The first-order valence-electron chi connectivity index (χ1n) is 8.33. The van der Waals surface area contributed by atoms with Crippen LogP contribution in [0.25, 0.3) is 6.08 Å². The van der Waals surface area contributed by atoms with Gasteiger partial charge in [0, 0.05) is 10.6 Å². The summed E-state index contributed by atoms with van der Waals surface area (Å²) in [6, 6.07) is 4.54. The van der Waals surface area contributed by atoms with Gasteiger partial charge in [0.05, 0.1) is 11.3 Å². The summed E-state index contributed by atoms with van der Waals surface area (Å²) in [6.45, 7) is 5.01. The van der Waals surface area contributed by atoms with Crippen LogP contribution in [-0.4, -0.2) is 18.2 Å². The van der Waals surface area contributed by atoms with Crippen molar-refractivity contribution in [1.29, 1.82) is 0 Å². The van der Waals surface area contributed by atoms with Gasteiger partial charge in [0.1, 0.15) is 18.0 Å². The molecule has 0 atom stereocenters. The standard InChI is InChI=1S/C20H12ClF5N2O2/c1-3-6-30-13-5-4-11(21)7-10(13)8-12-9(2)27-28(20(12)29)19-17(25)15(23)14(22)16(24)18(19)26/h3-5,7-8H,1,6H2,2H3/b12-8-. The lowest BCUT2D eigenvalue weighted by molar-refractivity contribution is -0.114. The summed E-state index contributed by atoms with van der Waals surface area (Å²) < 4.78 is 74.1. The molecular formula is C20H12ClF5N2O2. The topological polar surface area (TPSA) is 41.9 Å². The lowest BCUT2D eigenvalue weighted by atomic mass is 10.1. The number of amides is 1. The molecule has 0 spiro atoms. The van der Waals surface area contributed by atoms with Gasteiger partial charge in [0.25, 0.3) is 5.91 Å². The van der Waals surface area contributed by atoms with Crippen molar-refractivity contribution in [2.24, 2.45) is 5.10 Å². The van der Waals surface area contributed by atoms with Gasteiger partial charge in [0.15, 0.2) is 23.3 Å². The van der Waals surface area contributed by atoms with Gasteiger partial charge in [0.2, 0.25) is 5.82 Å². The van der Waals surface area contributed by atoms with E-state index in [0.717, 1.165) is 0 Å². The molecule has 0 radical (unpaired) electrons. The van der Waals surface area contributed by atoms with Crippen molar-refractivity contribution in [2.75, 3.05) is 11.6 Å². The molecule has 2 aromatic carbocycles. The molecule has 1 amide bonds. The first kappa shape index (κ1) is 21.5. The number of anilines is 1. The third-order valence-electron chi connectivity index (χ3n) is 4.09. The van der Waals surface area contributed by atoms with Gasteiger partial charge in [-0.1, -0.05) is 24.3 Å². The molecule has 0 fully saturated rings. The summed E-state index contributed by atoms with van der Waals surface area (Å²) in [6.07, 6.45) is 2.78. The van der Waals surface area contributed by atoms with Crippen LogP contribution < -0.4 is 9.75 Å². The van der Waals surface area contributed by atoms with Gasteiger partial charge in [-0.25, -0.2) is 22.0 Å². The molecule has 0 bridgehead atoms. The first-order chi connectivity index (χ1) is 14.2. The first-order valence-corrected chi connectivity index (χ1v) is 8.71. The fourth-order valence-electron chi connectivity index (χ4n) is 2.68. The third-order valence-corrected chi connectivity index (χ3v) is 4.32. The molecule has 2 aromatic rings. The summed E-state index contributed by atoms with van der Waals surface area (Å²) >= 11 is 5.98. The highest BCUT2D eigenvalue weighted by atomic mass is 35.5. The summed E-state index contributed by atoms with van der Waals surface area (Å²) in [4.78, 5) is 12.7. The second-order valence-electron chi connectivity index (χ2n) is 6.06.